The minimum absolute atomic E-state index is 0.522. The minimum atomic E-state index is 0.522. The van der Waals surface area contributed by atoms with Crippen molar-refractivity contribution >= 4 is 28.8 Å². The number of hydrogen-bond donors (Lipinski definition) is 0. The van der Waals surface area contributed by atoms with Crippen LogP contribution in [0.1, 0.15) is 0 Å². The normalized spacial score (nSPS) is 11.0. The highest BCUT2D eigenvalue weighted by atomic mass is 35.5. The predicted molar refractivity (Wildman–Crippen MR) is 93.9 cm³/mol. The number of fused-ring (bicyclic) bond motifs is 1. The zero-order chi connectivity index (χ0) is 15.8. The summed E-state index contributed by atoms with van der Waals surface area (Å²) in [5.41, 5.74) is 4.33. The molecule has 0 saturated heterocycles. The van der Waals surface area contributed by atoms with E-state index in [9.17, 15) is 0 Å². The summed E-state index contributed by atoms with van der Waals surface area (Å²) >= 11 is 12.3. The number of nitrogens with zero attached hydrogens (tertiary/aromatic N) is 3. The lowest BCUT2D eigenvalue weighted by Gasteiger charge is -2.03. The number of rotatable bonds is 2. The van der Waals surface area contributed by atoms with Gasteiger partial charge in [-0.15, -0.1) is 0 Å². The number of hydrogen-bond acceptors (Lipinski definition) is 2. The molecule has 5 heteroatoms. The van der Waals surface area contributed by atoms with Crippen LogP contribution in [0.25, 0.3) is 28.2 Å². The molecule has 2 aromatic heterocycles. The van der Waals surface area contributed by atoms with Crippen LogP contribution in [0.3, 0.4) is 0 Å². The van der Waals surface area contributed by atoms with Crippen LogP contribution in [0, 0.1) is 0 Å². The highest BCUT2D eigenvalue weighted by Crippen LogP contribution is 2.26. The second-order valence-electron chi connectivity index (χ2n) is 5.14. The molecule has 2 aromatic carbocycles. The molecule has 0 unspecified atom stereocenters. The van der Waals surface area contributed by atoms with Gasteiger partial charge in [-0.1, -0.05) is 65.7 Å². The van der Waals surface area contributed by atoms with Gasteiger partial charge < -0.3 is 0 Å². The third-order valence-electron chi connectivity index (χ3n) is 3.59. The first-order valence-corrected chi connectivity index (χ1v) is 7.84. The SMILES string of the molecule is Clc1ccc(-c2cc3nc(-c4ccccc4)cc(Cl)n3n2)cc1. The van der Waals surface area contributed by atoms with Crippen molar-refractivity contribution in [2.45, 2.75) is 0 Å². The van der Waals surface area contributed by atoms with Crippen molar-refractivity contribution < 1.29 is 0 Å². The van der Waals surface area contributed by atoms with E-state index in [2.05, 4.69) is 10.1 Å². The summed E-state index contributed by atoms with van der Waals surface area (Å²) < 4.78 is 1.64. The number of halogens is 2. The first kappa shape index (κ1) is 14.2. The highest BCUT2D eigenvalue weighted by Gasteiger charge is 2.10. The van der Waals surface area contributed by atoms with Crippen molar-refractivity contribution in [3.05, 3.63) is 76.9 Å². The third-order valence-corrected chi connectivity index (χ3v) is 4.11. The average Bonchev–Trinajstić information content (AvgIpc) is 3.01. The van der Waals surface area contributed by atoms with Gasteiger partial charge in [0.25, 0.3) is 0 Å². The van der Waals surface area contributed by atoms with Crippen molar-refractivity contribution in [3.8, 4) is 22.5 Å². The molecule has 0 fully saturated rings. The van der Waals surface area contributed by atoms with Gasteiger partial charge in [-0.05, 0) is 12.1 Å². The summed E-state index contributed by atoms with van der Waals surface area (Å²) in [6.07, 6.45) is 0. The maximum Gasteiger partial charge on any atom is 0.158 e. The topological polar surface area (TPSA) is 30.2 Å². The molecule has 23 heavy (non-hydrogen) atoms. The molecule has 0 saturated carbocycles. The van der Waals surface area contributed by atoms with Gasteiger partial charge in [-0.3, -0.25) is 0 Å². The van der Waals surface area contributed by atoms with Gasteiger partial charge >= 0.3 is 0 Å². The summed E-state index contributed by atoms with van der Waals surface area (Å²) in [6.45, 7) is 0. The Kier molecular flexibility index (Phi) is 3.52. The smallest absolute Gasteiger partial charge is 0.158 e. The fraction of sp³-hybridized carbons (Fsp3) is 0. The van der Waals surface area contributed by atoms with Crippen molar-refractivity contribution in [3.63, 3.8) is 0 Å². The Morgan fingerprint density at radius 3 is 2.17 bits per heavy atom. The lowest BCUT2D eigenvalue weighted by atomic mass is 10.1. The Morgan fingerprint density at radius 1 is 0.739 bits per heavy atom. The molecule has 2 heterocycles. The molecule has 4 rings (SSSR count). The van der Waals surface area contributed by atoms with Crippen LogP contribution < -0.4 is 0 Å². The quantitative estimate of drug-likeness (QED) is 0.459. The average molecular weight is 340 g/mol. The molecule has 0 atom stereocenters. The van der Waals surface area contributed by atoms with E-state index in [0.717, 1.165) is 22.5 Å². The van der Waals surface area contributed by atoms with Crippen LogP contribution in [0.5, 0.6) is 0 Å². The second kappa shape index (κ2) is 5.69. The zero-order valence-corrected chi connectivity index (χ0v) is 13.5. The molecule has 0 amide bonds. The van der Waals surface area contributed by atoms with Crippen LogP contribution in [0.2, 0.25) is 10.2 Å². The van der Waals surface area contributed by atoms with Gasteiger partial charge in [-0.25, -0.2) is 9.50 Å². The van der Waals surface area contributed by atoms with Crippen molar-refractivity contribution in [2.24, 2.45) is 0 Å². The molecular formula is C18H11Cl2N3. The highest BCUT2D eigenvalue weighted by molar-refractivity contribution is 6.30. The van der Waals surface area contributed by atoms with Crippen LogP contribution in [0.15, 0.2) is 66.7 Å². The van der Waals surface area contributed by atoms with Gasteiger partial charge in [0.05, 0.1) is 11.4 Å². The Labute approximate surface area is 143 Å². The molecule has 0 spiro atoms. The maximum absolute atomic E-state index is 6.38. The summed E-state index contributed by atoms with van der Waals surface area (Å²) in [7, 11) is 0. The molecule has 0 N–H and O–H groups in total. The molecule has 0 bridgehead atoms. The Morgan fingerprint density at radius 2 is 1.43 bits per heavy atom. The van der Waals surface area contributed by atoms with Gasteiger partial charge in [0.15, 0.2) is 5.65 Å². The standard InChI is InChI=1S/C18H11Cl2N3/c19-14-8-6-13(7-9-14)16-11-18-21-15(10-17(20)23(18)22-16)12-4-2-1-3-5-12/h1-11H. The number of benzene rings is 2. The summed E-state index contributed by atoms with van der Waals surface area (Å²) in [5, 5.41) is 5.74. The first-order chi connectivity index (χ1) is 11.2. The Hall–Kier alpha value is -2.36. The Bertz CT molecular complexity index is 977. The van der Waals surface area contributed by atoms with E-state index in [-0.39, 0.29) is 0 Å². The largest absolute Gasteiger partial charge is 0.228 e. The van der Waals surface area contributed by atoms with E-state index in [1.54, 1.807) is 4.52 Å². The van der Waals surface area contributed by atoms with Gasteiger partial charge in [0, 0.05) is 28.3 Å². The molecule has 0 aliphatic rings. The van der Waals surface area contributed by atoms with Crippen LogP contribution in [-0.2, 0) is 0 Å². The summed E-state index contributed by atoms with van der Waals surface area (Å²) in [5.74, 6) is 0. The number of aromatic nitrogens is 3. The zero-order valence-electron chi connectivity index (χ0n) is 11.9. The van der Waals surface area contributed by atoms with Crippen molar-refractivity contribution in [2.75, 3.05) is 0 Å². The summed E-state index contributed by atoms with van der Waals surface area (Å²) in [4.78, 5) is 4.66. The lowest BCUT2D eigenvalue weighted by molar-refractivity contribution is 0.946. The molecule has 4 aromatic rings. The van der Waals surface area contributed by atoms with Crippen LogP contribution >= 0.6 is 23.2 Å². The minimum Gasteiger partial charge on any atom is -0.228 e. The Balaban J connectivity index is 1.85. The molecule has 0 aliphatic carbocycles. The maximum atomic E-state index is 6.38. The van der Waals surface area contributed by atoms with Gasteiger partial charge in [0.1, 0.15) is 5.15 Å². The summed E-state index contributed by atoms with van der Waals surface area (Å²) in [6, 6.07) is 21.2. The van der Waals surface area contributed by atoms with Crippen molar-refractivity contribution in [1.82, 2.24) is 14.6 Å². The fourth-order valence-electron chi connectivity index (χ4n) is 2.46. The second-order valence-corrected chi connectivity index (χ2v) is 5.96. The predicted octanol–water partition coefficient (Wildman–Crippen LogP) is 5.37. The monoisotopic (exact) mass is 339 g/mol. The van der Waals surface area contributed by atoms with E-state index in [4.69, 9.17) is 23.2 Å². The first-order valence-electron chi connectivity index (χ1n) is 7.08. The van der Waals surface area contributed by atoms with E-state index in [0.29, 0.717) is 15.8 Å². The van der Waals surface area contributed by atoms with Crippen LogP contribution in [0.4, 0.5) is 0 Å². The molecule has 0 radical (unpaired) electrons. The van der Waals surface area contributed by atoms with Gasteiger partial charge in [-0.2, -0.15) is 5.10 Å². The van der Waals surface area contributed by atoms with E-state index < -0.39 is 0 Å². The van der Waals surface area contributed by atoms with Crippen molar-refractivity contribution in [1.29, 1.82) is 0 Å². The third kappa shape index (κ3) is 2.69. The lowest BCUT2D eigenvalue weighted by Crippen LogP contribution is -1.94. The van der Waals surface area contributed by atoms with E-state index in [1.807, 2.05) is 66.7 Å². The molecular weight excluding hydrogens is 329 g/mol. The molecule has 112 valence electrons. The van der Waals surface area contributed by atoms with Gasteiger partial charge in [0.2, 0.25) is 0 Å². The van der Waals surface area contributed by atoms with E-state index >= 15 is 0 Å². The van der Waals surface area contributed by atoms with E-state index in [1.165, 1.54) is 0 Å². The fourth-order valence-corrected chi connectivity index (χ4v) is 2.81. The molecule has 3 nitrogen and oxygen atoms in total. The molecule has 0 aliphatic heterocycles. The van der Waals surface area contributed by atoms with Crippen LogP contribution in [-0.4, -0.2) is 14.6 Å².